The molecule has 0 radical (unpaired) electrons. The van der Waals surface area contributed by atoms with Crippen LogP contribution >= 0.6 is 0 Å². The fourth-order valence-corrected chi connectivity index (χ4v) is 2.04. The molecular formula is C12H15NO2. The Hall–Kier alpha value is -1.51. The van der Waals surface area contributed by atoms with Crippen molar-refractivity contribution in [3.8, 4) is 5.75 Å². The lowest BCUT2D eigenvalue weighted by molar-refractivity contribution is 0.216. The SMILES string of the molecule is Cc1cc(C)c2c(c1)/C(=N\O)CC(C)O2. The van der Waals surface area contributed by atoms with E-state index in [0.717, 1.165) is 28.2 Å². The minimum atomic E-state index is 0.0739. The van der Waals surface area contributed by atoms with Crippen LogP contribution < -0.4 is 4.74 Å². The fourth-order valence-electron chi connectivity index (χ4n) is 2.04. The maximum atomic E-state index is 8.97. The number of hydrogen-bond donors (Lipinski definition) is 1. The van der Waals surface area contributed by atoms with E-state index in [-0.39, 0.29) is 6.10 Å². The number of aryl methyl sites for hydroxylation is 2. The molecule has 0 bridgehead atoms. The zero-order valence-corrected chi connectivity index (χ0v) is 9.24. The van der Waals surface area contributed by atoms with E-state index in [1.54, 1.807) is 0 Å². The molecule has 2 rings (SSSR count). The van der Waals surface area contributed by atoms with Crippen molar-refractivity contribution in [3.05, 3.63) is 28.8 Å². The van der Waals surface area contributed by atoms with Gasteiger partial charge in [-0.05, 0) is 38.0 Å². The maximum Gasteiger partial charge on any atom is 0.131 e. The highest BCUT2D eigenvalue weighted by atomic mass is 16.5. The van der Waals surface area contributed by atoms with Gasteiger partial charge in [-0.1, -0.05) is 11.2 Å². The largest absolute Gasteiger partial charge is 0.489 e. The molecule has 1 aliphatic rings. The normalized spacial score (nSPS) is 22.3. The Balaban J connectivity index is 2.61. The first-order valence-electron chi connectivity index (χ1n) is 5.11. The van der Waals surface area contributed by atoms with E-state index < -0.39 is 0 Å². The van der Waals surface area contributed by atoms with Crippen molar-refractivity contribution in [2.45, 2.75) is 33.3 Å². The molecule has 1 unspecified atom stereocenters. The molecule has 1 aromatic rings. The molecule has 0 saturated carbocycles. The van der Waals surface area contributed by atoms with Gasteiger partial charge in [-0.3, -0.25) is 0 Å². The van der Waals surface area contributed by atoms with Crippen LogP contribution in [0, 0.1) is 13.8 Å². The fraction of sp³-hybridized carbons (Fsp3) is 0.417. The smallest absolute Gasteiger partial charge is 0.131 e. The Morgan fingerprint density at radius 2 is 2.13 bits per heavy atom. The number of rotatable bonds is 0. The van der Waals surface area contributed by atoms with E-state index in [4.69, 9.17) is 9.94 Å². The van der Waals surface area contributed by atoms with E-state index >= 15 is 0 Å². The predicted octanol–water partition coefficient (Wildman–Crippen LogP) is 2.65. The van der Waals surface area contributed by atoms with E-state index in [1.165, 1.54) is 0 Å². The first-order valence-corrected chi connectivity index (χ1v) is 5.11. The van der Waals surface area contributed by atoms with Crippen molar-refractivity contribution in [2.75, 3.05) is 0 Å². The number of oxime groups is 1. The van der Waals surface area contributed by atoms with Crippen LogP contribution in [0.1, 0.15) is 30.0 Å². The summed E-state index contributed by atoms with van der Waals surface area (Å²) in [6, 6.07) is 4.08. The molecule has 80 valence electrons. The Labute approximate surface area is 89.4 Å². The van der Waals surface area contributed by atoms with Gasteiger partial charge in [0.1, 0.15) is 11.9 Å². The molecule has 15 heavy (non-hydrogen) atoms. The number of fused-ring (bicyclic) bond motifs is 1. The van der Waals surface area contributed by atoms with Crippen molar-refractivity contribution in [3.63, 3.8) is 0 Å². The van der Waals surface area contributed by atoms with Gasteiger partial charge in [0, 0.05) is 12.0 Å². The maximum absolute atomic E-state index is 8.97. The zero-order chi connectivity index (χ0) is 11.0. The lowest BCUT2D eigenvalue weighted by atomic mass is 9.96. The van der Waals surface area contributed by atoms with Crippen molar-refractivity contribution in [2.24, 2.45) is 5.16 Å². The minimum absolute atomic E-state index is 0.0739. The average Bonchev–Trinajstić information content (AvgIpc) is 2.18. The first kappa shape index (κ1) is 10.0. The predicted molar refractivity (Wildman–Crippen MR) is 58.9 cm³/mol. The molecule has 3 heteroatoms. The number of benzene rings is 1. The van der Waals surface area contributed by atoms with E-state index in [1.807, 2.05) is 26.8 Å². The molecule has 0 aliphatic carbocycles. The molecule has 0 spiro atoms. The summed E-state index contributed by atoms with van der Waals surface area (Å²) in [5, 5.41) is 12.3. The second kappa shape index (κ2) is 3.57. The first-order chi connectivity index (χ1) is 7.11. The van der Waals surface area contributed by atoms with Crippen LogP contribution in [-0.2, 0) is 0 Å². The van der Waals surface area contributed by atoms with Crippen LogP contribution in [0.15, 0.2) is 17.3 Å². The molecule has 1 heterocycles. The van der Waals surface area contributed by atoms with Crippen molar-refractivity contribution >= 4 is 5.71 Å². The molecule has 3 nitrogen and oxygen atoms in total. The van der Waals surface area contributed by atoms with Gasteiger partial charge in [-0.2, -0.15) is 0 Å². The van der Waals surface area contributed by atoms with Gasteiger partial charge < -0.3 is 9.94 Å². The Morgan fingerprint density at radius 3 is 2.80 bits per heavy atom. The van der Waals surface area contributed by atoms with Crippen molar-refractivity contribution in [1.82, 2.24) is 0 Å². The van der Waals surface area contributed by atoms with Crippen LogP contribution in [0.2, 0.25) is 0 Å². The Kier molecular flexibility index (Phi) is 2.39. The van der Waals surface area contributed by atoms with E-state index in [0.29, 0.717) is 6.42 Å². The molecule has 1 atom stereocenters. The van der Waals surface area contributed by atoms with Gasteiger partial charge in [0.05, 0.1) is 5.71 Å². The second-order valence-electron chi connectivity index (χ2n) is 4.14. The Bertz CT molecular complexity index is 424. The van der Waals surface area contributed by atoms with Crippen LogP contribution in [-0.4, -0.2) is 17.0 Å². The summed E-state index contributed by atoms with van der Waals surface area (Å²) < 4.78 is 5.76. The van der Waals surface area contributed by atoms with Crippen LogP contribution in [0.3, 0.4) is 0 Å². The highest BCUT2D eigenvalue weighted by Gasteiger charge is 2.24. The molecule has 1 aliphatic heterocycles. The molecule has 0 saturated heterocycles. The van der Waals surface area contributed by atoms with Crippen molar-refractivity contribution < 1.29 is 9.94 Å². The monoisotopic (exact) mass is 205 g/mol. The topological polar surface area (TPSA) is 41.8 Å². The number of hydrogen-bond acceptors (Lipinski definition) is 3. The summed E-state index contributed by atoms with van der Waals surface area (Å²) in [6.45, 7) is 6.02. The van der Waals surface area contributed by atoms with Crippen LogP contribution in [0.5, 0.6) is 5.75 Å². The summed E-state index contributed by atoms with van der Waals surface area (Å²) in [5.74, 6) is 0.854. The van der Waals surface area contributed by atoms with Gasteiger partial charge in [-0.15, -0.1) is 0 Å². The highest BCUT2D eigenvalue weighted by molar-refractivity contribution is 6.04. The standard InChI is InChI=1S/C12H15NO2/c1-7-4-8(2)12-10(5-7)11(13-14)6-9(3)15-12/h4-5,9,14H,6H2,1-3H3/b13-11-. The summed E-state index contributed by atoms with van der Waals surface area (Å²) in [6.07, 6.45) is 0.733. The van der Waals surface area contributed by atoms with Gasteiger partial charge in [0.2, 0.25) is 0 Å². The minimum Gasteiger partial charge on any atom is -0.489 e. The van der Waals surface area contributed by atoms with Crippen LogP contribution in [0.4, 0.5) is 0 Å². The van der Waals surface area contributed by atoms with E-state index in [9.17, 15) is 0 Å². The summed E-state index contributed by atoms with van der Waals surface area (Å²) in [7, 11) is 0. The molecule has 0 fully saturated rings. The van der Waals surface area contributed by atoms with Crippen LogP contribution in [0.25, 0.3) is 0 Å². The number of ether oxygens (including phenoxy) is 1. The van der Waals surface area contributed by atoms with Gasteiger partial charge in [-0.25, -0.2) is 0 Å². The molecule has 1 aromatic carbocycles. The van der Waals surface area contributed by atoms with Gasteiger partial charge in [0.25, 0.3) is 0 Å². The third-order valence-electron chi connectivity index (χ3n) is 2.65. The molecule has 1 N–H and O–H groups in total. The quantitative estimate of drug-likeness (QED) is 0.522. The second-order valence-corrected chi connectivity index (χ2v) is 4.14. The third-order valence-corrected chi connectivity index (χ3v) is 2.65. The lowest BCUT2D eigenvalue weighted by Crippen LogP contribution is -2.25. The summed E-state index contributed by atoms with van der Waals surface area (Å²) >= 11 is 0. The molecule has 0 amide bonds. The molecule has 0 aromatic heterocycles. The molecular weight excluding hydrogens is 190 g/mol. The van der Waals surface area contributed by atoms with E-state index in [2.05, 4.69) is 11.2 Å². The Morgan fingerprint density at radius 1 is 1.40 bits per heavy atom. The zero-order valence-electron chi connectivity index (χ0n) is 9.24. The third kappa shape index (κ3) is 1.69. The summed E-state index contributed by atoms with van der Waals surface area (Å²) in [5.41, 5.74) is 3.90. The number of nitrogens with zero attached hydrogens (tertiary/aromatic N) is 1. The lowest BCUT2D eigenvalue weighted by Gasteiger charge is -2.25. The summed E-state index contributed by atoms with van der Waals surface area (Å²) in [4.78, 5) is 0. The van der Waals surface area contributed by atoms with Crippen molar-refractivity contribution in [1.29, 1.82) is 0 Å². The van der Waals surface area contributed by atoms with Gasteiger partial charge in [0.15, 0.2) is 0 Å². The highest BCUT2D eigenvalue weighted by Crippen LogP contribution is 2.32. The average molecular weight is 205 g/mol. The van der Waals surface area contributed by atoms with Gasteiger partial charge >= 0.3 is 0 Å².